The Bertz CT molecular complexity index is 1220. The van der Waals surface area contributed by atoms with Crippen LogP contribution < -0.4 is 4.72 Å². The number of aromatic nitrogens is 4. The Labute approximate surface area is 164 Å². The number of aryl methyl sites for hydroxylation is 1. The molecule has 4 aromatic rings. The lowest BCUT2D eigenvalue weighted by molar-refractivity contribution is 0.582. The SMILES string of the molecule is Cc1c(S(=O)(=O)NCc2cccnc2-n2cncn2)sc2cccc(Cl)c12. The highest BCUT2D eigenvalue weighted by Crippen LogP contribution is 2.37. The van der Waals surface area contributed by atoms with Crippen molar-refractivity contribution in [3.05, 3.63) is 65.3 Å². The van der Waals surface area contributed by atoms with Crippen LogP contribution in [0.25, 0.3) is 15.9 Å². The zero-order valence-electron chi connectivity index (χ0n) is 14.1. The number of nitrogens with zero attached hydrogens (tertiary/aromatic N) is 4. The molecule has 0 aliphatic heterocycles. The summed E-state index contributed by atoms with van der Waals surface area (Å²) in [7, 11) is -3.72. The van der Waals surface area contributed by atoms with Gasteiger partial charge in [-0.1, -0.05) is 23.7 Å². The van der Waals surface area contributed by atoms with Crippen molar-refractivity contribution in [3.63, 3.8) is 0 Å². The first kappa shape index (κ1) is 18.1. The van der Waals surface area contributed by atoms with Crippen LogP contribution in [0.15, 0.2) is 53.4 Å². The van der Waals surface area contributed by atoms with Gasteiger partial charge in [0.15, 0.2) is 5.82 Å². The summed E-state index contributed by atoms with van der Waals surface area (Å²) >= 11 is 7.45. The predicted octanol–water partition coefficient (Wildman–Crippen LogP) is 3.32. The molecule has 27 heavy (non-hydrogen) atoms. The molecule has 0 saturated heterocycles. The molecule has 0 aliphatic carbocycles. The molecule has 0 radical (unpaired) electrons. The van der Waals surface area contributed by atoms with Gasteiger partial charge in [-0.2, -0.15) is 5.10 Å². The van der Waals surface area contributed by atoms with E-state index in [9.17, 15) is 8.42 Å². The normalized spacial score (nSPS) is 11.9. The van der Waals surface area contributed by atoms with E-state index in [1.54, 1.807) is 31.3 Å². The Morgan fingerprint density at radius 3 is 2.85 bits per heavy atom. The Morgan fingerprint density at radius 1 is 1.26 bits per heavy atom. The number of rotatable bonds is 5. The number of fused-ring (bicyclic) bond motifs is 1. The van der Waals surface area contributed by atoms with E-state index in [0.717, 1.165) is 10.1 Å². The summed E-state index contributed by atoms with van der Waals surface area (Å²) in [5, 5.41) is 5.37. The van der Waals surface area contributed by atoms with Gasteiger partial charge in [0.2, 0.25) is 0 Å². The van der Waals surface area contributed by atoms with Crippen molar-refractivity contribution in [1.29, 1.82) is 0 Å². The summed E-state index contributed by atoms with van der Waals surface area (Å²) in [5.74, 6) is 0.522. The number of hydrogen-bond donors (Lipinski definition) is 1. The van der Waals surface area contributed by atoms with E-state index in [0.29, 0.717) is 22.0 Å². The van der Waals surface area contributed by atoms with Crippen molar-refractivity contribution in [3.8, 4) is 5.82 Å². The third-order valence-corrected chi connectivity index (χ3v) is 7.65. The molecule has 0 fully saturated rings. The van der Waals surface area contributed by atoms with Gasteiger partial charge < -0.3 is 0 Å². The number of thiophene rings is 1. The van der Waals surface area contributed by atoms with E-state index in [2.05, 4.69) is 19.8 Å². The van der Waals surface area contributed by atoms with Crippen LogP contribution in [-0.4, -0.2) is 28.2 Å². The second kappa shape index (κ2) is 7.01. The molecule has 0 aliphatic rings. The third kappa shape index (κ3) is 3.34. The minimum absolute atomic E-state index is 0.0762. The molecule has 1 N–H and O–H groups in total. The van der Waals surface area contributed by atoms with Gasteiger partial charge in [0.05, 0.1) is 0 Å². The average molecular weight is 420 g/mol. The molecule has 3 aromatic heterocycles. The minimum atomic E-state index is -3.72. The van der Waals surface area contributed by atoms with Crippen molar-refractivity contribution < 1.29 is 8.42 Å². The molecule has 0 spiro atoms. The minimum Gasteiger partial charge on any atom is -0.237 e. The highest BCUT2D eigenvalue weighted by atomic mass is 35.5. The van der Waals surface area contributed by atoms with Crippen LogP contribution in [0.2, 0.25) is 5.02 Å². The van der Waals surface area contributed by atoms with E-state index in [-0.39, 0.29) is 10.8 Å². The van der Waals surface area contributed by atoms with Crippen molar-refractivity contribution in [2.24, 2.45) is 0 Å². The quantitative estimate of drug-likeness (QED) is 0.536. The number of halogens is 1. The summed E-state index contributed by atoms with van der Waals surface area (Å²) in [6.45, 7) is 1.84. The average Bonchev–Trinajstić information content (AvgIpc) is 3.29. The van der Waals surface area contributed by atoms with E-state index >= 15 is 0 Å². The maximum atomic E-state index is 12.9. The molecular weight excluding hydrogens is 406 g/mol. The Balaban J connectivity index is 1.66. The smallest absolute Gasteiger partial charge is 0.237 e. The number of sulfonamides is 1. The molecule has 7 nitrogen and oxygen atoms in total. The molecule has 0 atom stereocenters. The van der Waals surface area contributed by atoms with Gasteiger partial charge in [-0.15, -0.1) is 11.3 Å². The lowest BCUT2D eigenvalue weighted by Crippen LogP contribution is -2.24. The largest absolute Gasteiger partial charge is 0.250 e. The molecule has 4 rings (SSSR count). The lowest BCUT2D eigenvalue weighted by atomic mass is 10.2. The molecule has 0 amide bonds. The molecule has 1 aromatic carbocycles. The van der Waals surface area contributed by atoms with Crippen LogP contribution >= 0.6 is 22.9 Å². The van der Waals surface area contributed by atoms with Crippen LogP contribution in [0.3, 0.4) is 0 Å². The molecule has 0 unspecified atom stereocenters. The molecule has 138 valence electrons. The summed E-state index contributed by atoms with van der Waals surface area (Å²) in [4.78, 5) is 8.17. The topological polar surface area (TPSA) is 89.8 Å². The molecular formula is C17H14ClN5O2S2. The highest BCUT2D eigenvalue weighted by Gasteiger charge is 2.23. The van der Waals surface area contributed by atoms with Gasteiger partial charge in [-0.05, 0) is 30.7 Å². The van der Waals surface area contributed by atoms with Crippen LogP contribution in [0, 0.1) is 6.92 Å². The van der Waals surface area contributed by atoms with Crippen LogP contribution in [0.1, 0.15) is 11.1 Å². The number of nitrogens with one attached hydrogen (secondary N) is 1. The summed E-state index contributed by atoms with van der Waals surface area (Å²) < 4.78 is 31.1. The van der Waals surface area contributed by atoms with Crippen molar-refractivity contribution >= 4 is 43.0 Å². The van der Waals surface area contributed by atoms with Gasteiger partial charge in [-0.3, -0.25) is 0 Å². The second-order valence-corrected chi connectivity index (χ2v) is 9.20. The summed E-state index contributed by atoms with van der Waals surface area (Å²) in [6.07, 6.45) is 4.53. The van der Waals surface area contributed by atoms with Gasteiger partial charge >= 0.3 is 0 Å². The van der Waals surface area contributed by atoms with Crippen molar-refractivity contribution in [2.45, 2.75) is 17.7 Å². The number of hydrogen-bond acceptors (Lipinski definition) is 6. The zero-order valence-corrected chi connectivity index (χ0v) is 16.5. The molecule has 10 heteroatoms. The van der Waals surface area contributed by atoms with Gasteiger partial charge in [0.1, 0.15) is 16.9 Å². The van der Waals surface area contributed by atoms with Crippen molar-refractivity contribution in [1.82, 2.24) is 24.5 Å². The predicted molar refractivity (Wildman–Crippen MR) is 105 cm³/mol. The third-order valence-electron chi connectivity index (χ3n) is 4.06. The van der Waals surface area contributed by atoms with Crippen LogP contribution in [0.5, 0.6) is 0 Å². The van der Waals surface area contributed by atoms with E-state index in [1.807, 2.05) is 12.1 Å². The first-order valence-electron chi connectivity index (χ1n) is 7.93. The van der Waals surface area contributed by atoms with Gasteiger partial charge in [-0.25, -0.2) is 27.8 Å². The fourth-order valence-electron chi connectivity index (χ4n) is 2.82. The first-order chi connectivity index (χ1) is 13.0. The Kier molecular flexibility index (Phi) is 4.68. The Hall–Kier alpha value is -2.33. The molecule has 0 bridgehead atoms. The summed E-state index contributed by atoms with van der Waals surface area (Å²) in [6, 6.07) is 8.97. The first-order valence-corrected chi connectivity index (χ1v) is 10.6. The summed E-state index contributed by atoms with van der Waals surface area (Å²) in [5.41, 5.74) is 1.33. The van der Waals surface area contributed by atoms with Gasteiger partial charge in [0.25, 0.3) is 10.0 Å². The maximum Gasteiger partial charge on any atom is 0.250 e. The fourth-order valence-corrected chi connectivity index (χ4v) is 6.02. The van der Waals surface area contributed by atoms with Crippen LogP contribution in [0.4, 0.5) is 0 Å². The van der Waals surface area contributed by atoms with E-state index in [4.69, 9.17) is 11.6 Å². The molecule has 3 heterocycles. The number of benzene rings is 1. The number of pyridine rings is 1. The highest BCUT2D eigenvalue weighted by molar-refractivity contribution is 7.91. The standard InChI is InChI=1S/C17H14ClN5O2S2/c1-11-15-13(18)5-2-6-14(15)26-17(11)27(24,25)22-8-12-4-3-7-20-16(12)23-10-19-9-21-23/h2-7,9-10,22H,8H2,1H3. The van der Waals surface area contributed by atoms with E-state index in [1.165, 1.54) is 28.7 Å². The zero-order chi connectivity index (χ0) is 19.0. The fraction of sp³-hybridized carbons (Fsp3) is 0.118. The monoisotopic (exact) mass is 419 g/mol. The van der Waals surface area contributed by atoms with E-state index < -0.39 is 10.0 Å². The molecule has 0 saturated carbocycles. The lowest BCUT2D eigenvalue weighted by Gasteiger charge is -2.09. The second-order valence-electron chi connectivity index (χ2n) is 5.78. The van der Waals surface area contributed by atoms with Gasteiger partial charge in [0, 0.05) is 33.4 Å². The van der Waals surface area contributed by atoms with Crippen molar-refractivity contribution in [2.75, 3.05) is 0 Å². The maximum absolute atomic E-state index is 12.9. The van der Waals surface area contributed by atoms with Crippen LogP contribution in [-0.2, 0) is 16.6 Å². The Morgan fingerprint density at radius 2 is 2.11 bits per heavy atom.